The van der Waals surface area contributed by atoms with E-state index in [0.29, 0.717) is 6.54 Å². The highest BCUT2D eigenvalue weighted by molar-refractivity contribution is 5.69. The number of carboxylic acids is 1. The molecule has 0 saturated heterocycles. The first-order valence-corrected chi connectivity index (χ1v) is 5.35. The second-order valence-electron chi connectivity index (χ2n) is 4.14. The van der Waals surface area contributed by atoms with Gasteiger partial charge in [-0.2, -0.15) is 0 Å². The largest absolute Gasteiger partial charge is 0.481 e. The molecule has 0 bridgehead atoms. The van der Waals surface area contributed by atoms with Crippen molar-refractivity contribution >= 4 is 5.97 Å². The molecule has 0 saturated carbocycles. The highest BCUT2D eigenvalue weighted by Crippen LogP contribution is 2.18. The highest BCUT2D eigenvalue weighted by atomic mass is 16.4. The molecular weight excluding hydrogens is 204 g/mol. The zero-order valence-corrected chi connectivity index (χ0v) is 9.92. The van der Waals surface area contributed by atoms with E-state index in [1.807, 2.05) is 37.2 Å². The van der Waals surface area contributed by atoms with E-state index in [-0.39, 0.29) is 12.0 Å². The lowest BCUT2D eigenvalue weighted by Gasteiger charge is -2.26. The van der Waals surface area contributed by atoms with Crippen molar-refractivity contribution < 1.29 is 9.90 Å². The first kappa shape index (κ1) is 12.6. The minimum absolute atomic E-state index is 0.176. The summed E-state index contributed by atoms with van der Waals surface area (Å²) in [6.45, 7) is 4.30. The summed E-state index contributed by atoms with van der Waals surface area (Å²) in [4.78, 5) is 16.8. The normalized spacial score (nSPS) is 14.8. The van der Waals surface area contributed by atoms with Gasteiger partial charge in [0.2, 0.25) is 0 Å². The van der Waals surface area contributed by atoms with Crippen LogP contribution in [0.5, 0.6) is 0 Å². The Balaban J connectivity index is 2.61. The predicted octanol–water partition coefficient (Wildman–Crippen LogP) is 1.80. The van der Waals surface area contributed by atoms with E-state index in [0.717, 1.165) is 5.56 Å². The van der Waals surface area contributed by atoms with Crippen molar-refractivity contribution in [2.45, 2.75) is 19.9 Å². The molecule has 16 heavy (non-hydrogen) atoms. The number of hydrogen-bond acceptors (Lipinski definition) is 3. The van der Waals surface area contributed by atoms with Crippen molar-refractivity contribution in [2.75, 3.05) is 13.6 Å². The van der Waals surface area contributed by atoms with Gasteiger partial charge in [0.15, 0.2) is 0 Å². The van der Waals surface area contributed by atoms with Crippen molar-refractivity contribution in [1.29, 1.82) is 0 Å². The Kier molecular flexibility index (Phi) is 4.43. The van der Waals surface area contributed by atoms with Crippen molar-refractivity contribution in [3.63, 3.8) is 0 Å². The third-order valence-corrected chi connectivity index (χ3v) is 2.81. The molecule has 2 atom stereocenters. The summed E-state index contributed by atoms with van der Waals surface area (Å²) < 4.78 is 0. The summed E-state index contributed by atoms with van der Waals surface area (Å²) in [6, 6.07) is 4.07. The van der Waals surface area contributed by atoms with Crippen molar-refractivity contribution in [2.24, 2.45) is 5.92 Å². The lowest BCUT2D eigenvalue weighted by Crippen LogP contribution is -2.30. The van der Waals surface area contributed by atoms with Crippen LogP contribution in [0.4, 0.5) is 0 Å². The van der Waals surface area contributed by atoms with Gasteiger partial charge in [-0.05, 0) is 25.6 Å². The number of carboxylic acid groups (broad SMARTS) is 1. The monoisotopic (exact) mass is 222 g/mol. The third kappa shape index (κ3) is 3.31. The zero-order valence-electron chi connectivity index (χ0n) is 9.92. The van der Waals surface area contributed by atoms with E-state index in [1.54, 1.807) is 13.1 Å². The van der Waals surface area contributed by atoms with Crippen LogP contribution in [0.25, 0.3) is 0 Å². The maximum absolute atomic E-state index is 10.8. The molecule has 1 aromatic rings. The molecule has 0 radical (unpaired) electrons. The van der Waals surface area contributed by atoms with Crippen molar-refractivity contribution in [3.05, 3.63) is 30.1 Å². The van der Waals surface area contributed by atoms with Crippen LogP contribution >= 0.6 is 0 Å². The number of rotatable bonds is 5. The van der Waals surface area contributed by atoms with Crippen LogP contribution in [0, 0.1) is 5.92 Å². The molecule has 1 heterocycles. The van der Waals surface area contributed by atoms with Crippen LogP contribution in [-0.4, -0.2) is 34.6 Å². The Morgan fingerprint density at radius 3 is 2.75 bits per heavy atom. The Labute approximate surface area is 95.9 Å². The highest BCUT2D eigenvalue weighted by Gasteiger charge is 2.18. The minimum Gasteiger partial charge on any atom is -0.481 e. The summed E-state index contributed by atoms with van der Waals surface area (Å²) >= 11 is 0. The number of aliphatic carboxylic acids is 1. The molecule has 0 aliphatic rings. The third-order valence-electron chi connectivity index (χ3n) is 2.81. The van der Waals surface area contributed by atoms with Gasteiger partial charge in [-0.3, -0.25) is 14.7 Å². The molecule has 0 fully saturated rings. The Bertz CT molecular complexity index is 340. The van der Waals surface area contributed by atoms with Gasteiger partial charge in [0.25, 0.3) is 0 Å². The first-order valence-electron chi connectivity index (χ1n) is 5.35. The average molecular weight is 222 g/mol. The molecule has 4 nitrogen and oxygen atoms in total. The molecule has 1 aromatic heterocycles. The molecule has 2 unspecified atom stereocenters. The molecule has 0 amide bonds. The summed E-state index contributed by atoms with van der Waals surface area (Å²) in [5, 5.41) is 8.84. The predicted molar refractivity (Wildman–Crippen MR) is 62.1 cm³/mol. The van der Waals surface area contributed by atoms with Gasteiger partial charge >= 0.3 is 5.97 Å². The standard InChI is InChI=1S/C12H18N2O2/c1-9(12(15)16)8-14(3)10(2)11-5-4-6-13-7-11/h4-7,9-10H,8H2,1-3H3,(H,15,16). The zero-order chi connectivity index (χ0) is 12.1. The molecule has 1 N–H and O–H groups in total. The first-order chi connectivity index (χ1) is 7.52. The van der Waals surface area contributed by atoms with Crippen LogP contribution in [0.1, 0.15) is 25.5 Å². The molecule has 0 aromatic carbocycles. The Morgan fingerprint density at radius 1 is 1.56 bits per heavy atom. The fourth-order valence-corrected chi connectivity index (χ4v) is 1.55. The van der Waals surface area contributed by atoms with E-state index < -0.39 is 5.97 Å². The van der Waals surface area contributed by atoms with Crippen molar-refractivity contribution in [3.8, 4) is 0 Å². The lowest BCUT2D eigenvalue weighted by molar-refractivity contribution is -0.141. The van der Waals surface area contributed by atoms with E-state index >= 15 is 0 Å². The van der Waals surface area contributed by atoms with Gasteiger partial charge in [0.1, 0.15) is 0 Å². The second-order valence-corrected chi connectivity index (χ2v) is 4.14. The summed E-state index contributed by atoms with van der Waals surface area (Å²) in [5.74, 6) is -1.12. The number of hydrogen-bond donors (Lipinski definition) is 1. The van der Waals surface area contributed by atoms with Crippen molar-refractivity contribution in [1.82, 2.24) is 9.88 Å². The summed E-state index contributed by atoms with van der Waals surface area (Å²) in [5.41, 5.74) is 1.10. The van der Waals surface area contributed by atoms with Crippen LogP contribution in [-0.2, 0) is 4.79 Å². The lowest BCUT2D eigenvalue weighted by atomic mass is 10.1. The van der Waals surface area contributed by atoms with Crippen LogP contribution in [0.3, 0.4) is 0 Å². The van der Waals surface area contributed by atoms with Crippen LogP contribution in [0.2, 0.25) is 0 Å². The van der Waals surface area contributed by atoms with Gasteiger partial charge in [-0.1, -0.05) is 13.0 Å². The molecule has 4 heteroatoms. The molecule has 0 aliphatic carbocycles. The van der Waals surface area contributed by atoms with Gasteiger partial charge in [0.05, 0.1) is 5.92 Å². The average Bonchev–Trinajstić information content (AvgIpc) is 2.28. The number of pyridine rings is 1. The summed E-state index contributed by atoms with van der Waals surface area (Å²) in [7, 11) is 1.93. The Morgan fingerprint density at radius 2 is 2.25 bits per heavy atom. The van der Waals surface area contributed by atoms with Gasteiger partial charge in [-0.25, -0.2) is 0 Å². The maximum Gasteiger partial charge on any atom is 0.307 e. The fraction of sp³-hybridized carbons (Fsp3) is 0.500. The SMILES string of the molecule is CC(CN(C)C(C)c1cccnc1)C(=O)O. The number of aromatic nitrogens is 1. The number of carbonyl (C=O) groups is 1. The van der Waals surface area contributed by atoms with E-state index in [4.69, 9.17) is 5.11 Å². The quantitative estimate of drug-likeness (QED) is 0.825. The summed E-state index contributed by atoms with van der Waals surface area (Å²) in [6.07, 6.45) is 3.54. The smallest absolute Gasteiger partial charge is 0.307 e. The maximum atomic E-state index is 10.8. The van der Waals surface area contributed by atoms with Crippen LogP contribution < -0.4 is 0 Å². The van der Waals surface area contributed by atoms with Gasteiger partial charge < -0.3 is 5.11 Å². The molecule has 88 valence electrons. The second kappa shape index (κ2) is 5.61. The molecule has 0 aliphatic heterocycles. The van der Waals surface area contributed by atoms with Crippen LogP contribution in [0.15, 0.2) is 24.5 Å². The fourth-order valence-electron chi connectivity index (χ4n) is 1.55. The molecule has 1 rings (SSSR count). The van der Waals surface area contributed by atoms with Gasteiger partial charge in [0, 0.05) is 25.0 Å². The number of nitrogens with zero attached hydrogens (tertiary/aromatic N) is 2. The Hall–Kier alpha value is -1.42. The van der Waals surface area contributed by atoms with E-state index in [9.17, 15) is 4.79 Å². The molecule has 0 spiro atoms. The molecular formula is C12H18N2O2. The van der Waals surface area contributed by atoms with Gasteiger partial charge in [-0.15, -0.1) is 0 Å². The minimum atomic E-state index is -0.759. The van der Waals surface area contributed by atoms with E-state index in [2.05, 4.69) is 4.98 Å². The topological polar surface area (TPSA) is 53.4 Å². The van der Waals surface area contributed by atoms with E-state index in [1.165, 1.54) is 0 Å².